The van der Waals surface area contributed by atoms with Crippen LogP contribution >= 0.6 is 34.7 Å². The number of thiazole rings is 1. The largest absolute Gasteiger partial charge is 0.394 e. The number of fused-ring (bicyclic) bond motifs is 2. The lowest BCUT2D eigenvalue weighted by atomic mass is 9.92. The third kappa shape index (κ3) is 3.83. The summed E-state index contributed by atoms with van der Waals surface area (Å²) in [5, 5.41) is 33.7. The van der Waals surface area contributed by atoms with E-state index in [0.29, 0.717) is 22.2 Å². The van der Waals surface area contributed by atoms with E-state index in [1.54, 1.807) is 23.1 Å². The van der Waals surface area contributed by atoms with Gasteiger partial charge in [-0.15, -0.1) is 11.3 Å². The minimum Gasteiger partial charge on any atom is -0.394 e. The minimum absolute atomic E-state index is 0.0261. The molecule has 0 bridgehead atoms. The minimum atomic E-state index is -1.25. The second kappa shape index (κ2) is 8.86. The molecule has 178 valence electrons. The highest BCUT2D eigenvalue weighted by atomic mass is 35.5. The van der Waals surface area contributed by atoms with Gasteiger partial charge in [0.15, 0.2) is 27.5 Å². The molecule has 4 N–H and O–H groups in total. The van der Waals surface area contributed by atoms with Gasteiger partial charge in [-0.2, -0.15) is 9.97 Å². The first-order valence-corrected chi connectivity index (χ1v) is 12.9. The molecule has 4 aromatic rings. The number of thioether (sulfide) groups is 1. The maximum atomic E-state index is 10.4. The van der Waals surface area contributed by atoms with Crippen LogP contribution in [0.3, 0.4) is 0 Å². The zero-order chi connectivity index (χ0) is 23.4. The molecule has 1 aliphatic heterocycles. The molecule has 13 heteroatoms. The van der Waals surface area contributed by atoms with Crippen LogP contribution in [-0.2, 0) is 4.74 Å². The van der Waals surface area contributed by atoms with E-state index in [9.17, 15) is 15.3 Å². The second-order valence-corrected chi connectivity index (χ2v) is 11.2. The number of hydrogen-bond donors (Lipinski definition) is 4. The van der Waals surface area contributed by atoms with Crippen LogP contribution in [0.4, 0.5) is 5.82 Å². The van der Waals surface area contributed by atoms with Gasteiger partial charge in [-0.05, 0) is 36.6 Å². The van der Waals surface area contributed by atoms with Crippen LogP contribution in [0.15, 0.2) is 34.9 Å². The number of aliphatic hydroxyl groups is 3. The van der Waals surface area contributed by atoms with E-state index in [4.69, 9.17) is 21.3 Å². The fourth-order valence-corrected chi connectivity index (χ4v) is 7.00. The summed E-state index contributed by atoms with van der Waals surface area (Å²) in [6, 6.07) is 8.27. The van der Waals surface area contributed by atoms with E-state index in [1.165, 1.54) is 15.6 Å². The monoisotopic (exact) mass is 520 g/mol. The van der Waals surface area contributed by atoms with Crippen molar-refractivity contribution in [3.05, 3.63) is 35.9 Å². The lowest BCUT2D eigenvalue weighted by Crippen LogP contribution is -2.41. The molecule has 3 aromatic heterocycles. The Balaban J connectivity index is 1.24. The van der Waals surface area contributed by atoms with Crippen LogP contribution in [0.1, 0.15) is 19.1 Å². The fraction of sp³-hybridized carbons (Fsp3) is 0.429. The molecule has 1 saturated carbocycles. The number of nitrogens with zero attached hydrogens (tertiary/aromatic N) is 5. The van der Waals surface area contributed by atoms with E-state index in [-0.39, 0.29) is 11.3 Å². The zero-order valence-electron chi connectivity index (χ0n) is 17.7. The Bertz CT molecular complexity index is 1320. The Hall–Kier alpha value is -2.06. The Morgan fingerprint density at radius 2 is 2.03 bits per heavy atom. The highest BCUT2D eigenvalue weighted by Crippen LogP contribution is 2.41. The maximum absolute atomic E-state index is 10.4. The van der Waals surface area contributed by atoms with Gasteiger partial charge in [0.25, 0.3) is 0 Å². The van der Waals surface area contributed by atoms with Crippen molar-refractivity contribution in [2.24, 2.45) is 0 Å². The maximum Gasteiger partial charge on any atom is 0.226 e. The SMILES string of the molecule is OCC1OC(n2cnc3c(NC4CCC4Sc4nc5ccccc5s4)nc(Cl)nc32)C(O)C1O. The van der Waals surface area contributed by atoms with Crippen LogP contribution in [-0.4, -0.2) is 76.0 Å². The van der Waals surface area contributed by atoms with Crippen molar-refractivity contribution in [1.82, 2.24) is 24.5 Å². The summed E-state index contributed by atoms with van der Waals surface area (Å²) in [6.07, 6.45) is -0.837. The van der Waals surface area contributed by atoms with Crippen molar-refractivity contribution in [3.63, 3.8) is 0 Å². The van der Waals surface area contributed by atoms with Crippen LogP contribution in [0, 0.1) is 0 Å². The fourth-order valence-electron chi connectivity index (χ4n) is 4.27. The first-order valence-electron chi connectivity index (χ1n) is 10.8. The topological polar surface area (TPSA) is 138 Å². The predicted octanol–water partition coefficient (Wildman–Crippen LogP) is 2.44. The molecule has 1 aromatic carbocycles. The van der Waals surface area contributed by atoms with E-state index < -0.39 is 31.1 Å². The Morgan fingerprint density at radius 3 is 2.76 bits per heavy atom. The number of nitrogens with one attached hydrogen (secondary N) is 1. The summed E-state index contributed by atoms with van der Waals surface area (Å²) in [7, 11) is 0. The molecule has 6 rings (SSSR count). The molecule has 10 nitrogen and oxygen atoms in total. The molecular weight excluding hydrogens is 500 g/mol. The van der Waals surface area contributed by atoms with Crippen LogP contribution in [0.5, 0.6) is 0 Å². The van der Waals surface area contributed by atoms with Gasteiger partial charge in [0.2, 0.25) is 5.28 Å². The molecule has 2 aliphatic rings. The normalized spacial score (nSPS) is 29.1. The predicted molar refractivity (Wildman–Crippen MR) is 129 cm³/mol. The van der Waals surface area contributed by atoms with Gasteiger partial charge in [0.1, 0.15) is 18.3 Å². The lowest BCUT2D eigenvalue weighted by Gasteiger charge is -2.36. The summed E-state index contributed by atoms with van der Waals surface area (Å²) >= 11 is 9.68. The Kier molecular flexibility index (Phi) is 5.84. The van der Waals surface area contributed by atoms with E-state index in [0.717, 1.165) is 22.7 Å². The van der Waals surface area contributed by atoms with Crippen molar-refractivity contribution in [3.8, 4) is 0 Å². The average Bonchev–Trinajstić information content (AvgIpc) is 3.50. The van der Waals surface area contributed by atoms with E-state index in [1.807, 2.05) is 18.2 Å². The number of para-hydroxylation sites is 1. The van der Waals surface area contributed by atoms with Crippen LogP contribution < -0.4 is 5.32 Å². The quantitative estimate of drug-likeness (QED) is 0.280. The molecular formula is C21H21ClN6O4S2. The number of imidazole rings is 1. The summed E-state index contributed by atoms with van der Waals surface area (Å²) < 4.78 is 9.35. The summed E-state index contributed by atoms with van der Waals surface area (Å²) in [4.78, 5) is 17.8. The number of halogens is 1. The molecule has 1 saturated heterocycles. The molecule has 0 spiro atoms. The molecule has 0 radical (unpaired) electrons. The molecule has 34 heavy (non-hydrogen) atoms. The number of aliphatic hydroxyl groups excluding tert-OH is 3. The molecule has 6 unspecified atom stereocenters. The highest BCUT2D eigenvalue weighted by Gasteiger charge is 2.44. The van der Waals surface area contributed by atoms with Gasteiger partial charge in [-0.3, -0.25) is 4.57 Å². The number of ether oxygens (including phenoxy) is 1. The number of rotatable bonds is 6. The van der Waals surface area contributed by atoms with Crippen molar-refractivity contribution < 1.29 is 20.1 Å². The smallest absolute Gasteiger partial charge is 0.226 e. The van der Waals surface area contributed by atoms with Crippen LogP contribution in [0.25, 0.3) is 21.4 Å². The zero-order valence-corrected chi connectivity index (χ0v) is 20.0. The Labute approximate surface area is 207 Å². The lowest BCUT2D eigenvalue weighted by molar-refractivity contribution is -0.0511. The van der Waals surface area contributed by atoms with E-state index in [2.05, 4.69) is 26.3 Å². The van der Waals surface area contributed by atoms with Crippen LogP contribution in [0.2, 0.25) is 5.28 Å². The first-order chi connectivity index (χ1) is 16.5. The van der Waals surface area contributed by atoms with E-state index >= 15 is 0 Å². The van der Waals surface area contributed by atoms with Gasteiger partial charge in [-0.1, -0.05) is 23.9 Å². The number of benzene rings is 1. The number of hydrogen-bond acceptors (Lipinski definition) is 11. The first kappa shape index (κ1) is 22.4. The Morgan fingerprint density at radius 1 is 1.18 bits per heavy atom. The van der Waals surface area contributed by atoms with Gasteiger partial charge in [0.05, 0.1) is 23.2 Å². The van der Waals surface area contributed by atoms with Crippen molar-refractivity contribution >= 4 is 61.9 Å². The van der Waals surface area contributed by atoms with Crippen molar-refractivity contribution in [2.45, 2.75) is 53.0 Å². The second-order valence-electron chi connectivity index (χ2n) is 8.33. The third-order valence-corrected chi connectivity index (χ3v) is 8.94. The number of aromatic nitrogens is 5. The van der Waals surface area contributed by atoms with Gasteiger partial charge in [0, 0.05) is 11.3 Å². The third-order valence-electron chi connectivity index (χ3n) is 6.24. The standard InChI is InChI=1S/C21H21ClN6O4S2/c22-20-26-17(14-18(27-20)28(8-23-14)19-16(31)15(30)11(7-29)32-19)24-10-5-6-13(10)34-21-25-9-3-1-2-4-12(9)33-21/h1-4,8,10-11,13,15-16,19,29-31H,5-7H2,(H,24,26,27). The highest BCUT2D eigenvalue weighted by molar-refractivity contribution is 8.01. The molecule has 6 atom stereocenters. The number of anilines is 1. The molecule has 4 heterocycles. The molecule has 2 fully saturated rings. The molecule has 1 aliphatic carbocycles. The molecule has 0 amide bonds. The summed E-state index contributed by atoms with van der Waals surface area (Å²) in [5.74, 6) is 0.500. The van der Waals surface area contributed by atoms with Crippen molar-refractivity contribution in [1.29, 1.82) is 0 Å². The summed E-state index contributed by atoms with van der Waals surface area (Å²) in [5.41, 5.74) is 1.86. The van der Waals surface area contributed by atoms with Crippen molar-refractivity contribution in [2.75, 3.05) is 11.9 Å². The van der Waals surface area contributed by atoms with Gasteiger partial charge < -0.3 is 25.4 Å². The average molecular weight is 521 g/mol. The van der Waals surface area contributed by atoms with Gasteiger partial charge in [-0.25, -0.2) is 9.97 Å². The van der Waals surface area contributed by atoms with Gasteiger partial charge >= 0.3 is 0 Å². The summed E-state index contributed by atoms with van der Waals surface area (Å²) in [6.45, 7) is -0.417.